The molecule has 1 aliphatic rings. The summed E-state index contributed by atoms with van der Waals surface area (Å²) in [5.74, 6) is 0.384. The molecule has 5 nitrogen and oxygen atoms in total. The Labute approximate surface area is 105 Å². The average Bonchev–Trinajstić information content (AvgIpc) is 2.88. The van der Waals surface area contributed by atoms with Gasteiger partial charge < -0.3 is 14.6 Å². The molecule has 1 atom stereocenters. The molecule has 0 aliphatic carbocycles. The second-order valence-electron chi connectivity index (χ2n) is 4.10. The molecule has 96 valence electrons. The van der Waals surface area contributed by atoms with Crippen LogP contribution in [0.25, 0.3) is 6.08 Å². The molecule has 0 spiro atoms. The summed E-state index contributed by atoms with van der Waals surface area (Å²) in [7, 11) is 0. The molecule has 0 aromatic carbocycles. The predicted molar refractivity (Wildman–Crippen MR) is 66.5 cm³/mol. The van der Waals surface area contributed by atoms with E-state index in [1.807, 2.05) is 6.92 Å². The summed E-state index contributed by atoms with van der Waals surface area (Å²) in [6.07, 6.45) is 5.22. The van der Waals surface area contributed by atoms with Crippen molar-refractivity contribution in [3.63, 3.8) is 0 Å². The van der Waals surface area contributed by atoms with Crippen LogP contribution in [0.3, 0.4) is 0 Å². The Morgan fingerprint density at radius 1 is 1.67 bits per heavy atom. The topological polar surface area (TPSA) is 62.6 Å². The average molecular weight is 248 g/mol. The molecule has 1 aliphatic heterocycles. The number of hydrogen-bond donors (Lipinski definition) is 1. The van der Waals surface area contributed by atoms with E-state index < -0.39 is 0 Å². The van der Waals surface area contributed by atoms with Crippen LogP contribution in [0.4, 0.5) is 0 Å². The molecule has 1 fully saturated rings. The molecule has 1 aromatic heterocycles. The SMILES string of the molecule is CC[C@H]1C(=O)NCCN1C(=O)/C=C\c1ccco1. The summed E-state index contributed by atoms with van der Waals surface area (Å²) in [5, 5.41) is 2.76. The molecule has 0 radical (unpaired) electrons. The summed E-state index contributed by atoms with van der Waals surface area (Å²) >= 11 is 0. The van der Waals surface area contributed by atoms with Gasteiger partial charge in [0, 0.05) is 19.2 Å². The zero-order chi connectivity index (χ0) is 13.0. The van der Waals surface area contributed by atoms with Gasteiger partial charge in [0.1, 0.15) is 11.8 Å². The van der Waals surface area contributed by atoms with E-state index in [2.05, 4.69) is 5.32 Å². The van der Waals surface area contributed by atoms with E-state index in [-0.39, 0.29) is 17.9 Å². The summed E-state index contributed by atoms with van der Waals surface area (Å²) in [4.78, 5) is 25.2. The highest BCUT2D eigenvalue weighted by atomic mass is 16.3. The van der Waals surface area contributed by atoms with Crippen LogP contribution in [-0.4, -0.2) is 35.8 Å². The van der Waals surface area contributed by atoms with E-state index in [9.17, 15) is 9.59 Å². The minimum absolute atomic E-state index is 0.0801. The summed E-state index contributed by atoms with van der Waals surface area (Å²) in [6.45, 7) is 2.95. The van der Waals surface area contributed by atoms with Gasteiger partial charge in [-0.3, -0.25) is 9.59 Å². The van der Waals surface area contributed by atoms with Gasteiger partial charge in [0.2, 0.25) is 11.8 Å². The lowest BCUT2D eigenvalue weighted by Crippen LogP contribution is -2.56. The highest BCUT2D eigenvalue weighted by Crippen LogP contribution is 2.10. The number of carbonyl (C=O) groups excluding carboxylic acids is 2. The number of nitrogens with zero attached hydrogens (tertiary/aromatic N) is 1. The first-order chi connectivity index (χ1) is 8.72. The zero-order valence-electron chi connectivity index (χ0n) is 10.3. The first-order valence-electron chi connectivity index (χ1n) is 6.02. The van der Waals surface area contributed by atoms with Crippen LogP contribution in [0.1, 0.15) is 19.1 Å². The fraction of sp³-hybridized carbons (Fsp3) is 0.385. The van der Waals surface area contributed by atoms with Crippen LogP contribution in [0.2, 0.25) is 0 Å². The molecule has 0 saturated carbocycles. The third-order valence-corrected chi connectivity index (χ3v) is 2.93. The Kier molecular flexibility index (Phi) is 3.82. The van der Waals surface area contributed by atoms with Gasteiger partial charge in [-0.2, -0.15) is 0 Å². The third kappa shape index (κ3) is 2.61. The lowest BCUT2D eigenvalue weighted by Gasteiger charge is -2.33. The van der Waals surface area contributed by atoms with Crippen LogP contribution < -0.4 is 5.32 Å². The van der Waals surface area contributed by atoms with Crippen molar-refractivity contribution >= 4 is 17.9 Å². The van der Waals surface area contributed by atoms with E-state index in [0.29, 0.717) is 25.3 Å². The van der Waals surface area contributed by atoms with Crippen molar-refractivity contribution in [1.29, 1.82) is 0 Å². The van der Waals surface area contributed by atoms with Gasteiger partial charge in [0.05, 0.1) is 6.26 Å². The molecule has 0 unspecified atom stereocenters. The smallest absolute Gasteiger partial charge is 0.247 e. The molecular weight excluding hydrogens is 232 g/mol. The standard InChI is InChI=1S/C13H16N2O3/c1-2-11-13(17)14-7-8-15(11)12(16)6-5-10-4-3-9-18-10/h3-6,9,11H,2,7-8H2,1H3,(H,14,17)/b6-5-/t11-/m0/s1. The number of nitrogens with one attached hydrogen (secondary N) is 1. The van der Waals surface area contributed by atoms with Crippen molar-refractivity contribution < 1.29 is 14.0 Å². The molecule has 2 rings (SSSR count). The molecule has 1 saturated heterocycles. The van der Waals surface area contributed by atoms with E-state index in [1.54, 1.807) is 29.4 Å². The molecule has 18 heavy (non-hydrogen) atoms. The minimum Gasteiger partial charge on any atom is -0.465 e. The molecule has 2 amide bonds. The Morgan fingerprint density at radius 3 is 3.17 bits per heavy atom. The van der Waals surface area contributed by atoms with Gasteiger partial charge in [-0.05, 0) is 24.6 Å². The highest BCUT2D eigenvalue weighted by molar-refractivity contribution is 5.96. The first-order valence-corrected chi connectivity index (χ1v) is 6.02. The largest absolute Gasteiger partial charge is 0.465 e. The number of furan rings is 1. The number of piperazine rings is 1. The molecule has 5 heteroatoms. The Bertz CT molecular complexity index is 451. The van der Waals surface area contributed by atoms with Crippen LogP contribution >= 0.6 is 0 Å². The number of hydrogen-bond acceptors (Lipinski definition) is 3. The third-order valence-electron chi connectivity index (χ3n) is 2.93. The number of rotatable bonds is 3. The lowest BCUT2D eigenvalue weighted by atomic mass is 10.1. The fourth-order valence-corrected chi connectivity index (χ4v) is 2.02. The molecular formula is C13H16N2O3. The van der Waals surface area contributed by atoms with Crippen LogP contribution in [0.5, 0.6) is 0 Å². The normalized spacial score (nSPS) is 20.2. The van der Waals surface area contributed by atoms with Crippen LogP contribution in [0.15, 0.2) is 28.9 Å². The van der Waals surface area contributed by atoms with Crippen molar-refractivity contribution in [1.82, 2.24) is 10.2 Å². The van der Waals surface area contributed by atoms with Crippen molar-refractivity contribution in [3.8, 4) is 0 Å². The Hall–Kier alpha value is -2.04. The summed E-state index contributed by atoms with van der Waals surface area (Å²) in [6, 6.07) is 3.16. The molecule has 1 N–H and O–H groups in total. The Morgan fingerprint density at radius 2 is 2.50 bits per heavy atom. The first kappa shape index (κ1) is 12.4. The van der Waals surface area contributed by atoms with E-state index in [1.165, 1.54) is 6.08 Å². The highest BCUT2D eigenvalue weighted by Gasteiger charge is 2.30. The summed E-state index contributed by atoms with van der Waals surface area (Å²) < 4.78 is 5.11. The quantitative estimate of drug-likeness (QED) is 0.813. The lowest BCUT2D eigenvalue weighted by molar-refractivity contribution is -0.140. The van der Waals surface area contributed by atoms with Crippen molar-refractivity contribution in [3.05, 3.63) is 30.2 Å². The van der Waals surface area contributed by atoms with Crippen molar-refractivity contribution in [2.75, 3.05) is 13.1 Å². The van der Waals surface area contributed by atoms with E-state index in [0.717, 1.165) is 0 Å². The van der Waals surface area contributed by atoms with Crippen LogP contribution in [-0.2, 0) is 9.59 Å². The van der Waals surface area contributed by atoms with Gasteiger partial charge in [-0.25, -0.2) is 0 Å². The van der Waals surface area contributed by atoms with Gasteiger partial charge in [-0.15, -0.1) is 0 Å². The predicted octanol–water partition coefficient (Wildman–Crippen LogP) is 1.03. The summed E-state index contributed by atoms with van der Waals surface area (Å²) in [5.41, 5.74) is 0. The van der Waals surface area contributed by atoms with Gasteiger partial charge in [-0.1, -0.05) is 6.92 Å². The van der Waals surface area contributed by atoms with E-state index in [4.69, 9.17) is 4.42 Å². The number of amides is 2. The second-order valence-corrected chi connectivity index (χ2v) is 4.10. The molecule has 0 bridgehead atoms. The van der Waals surface area contributed by atoms with Crippen molar-refractivity contribution in [2.24, 2.45) is 0 Å². The fourth-order valence-electron chi connectivity index (χ4n) is 2.02. The maximum atomic E-state index is 12.0. The van der Waals surface area contributed by atoms with Gasteiger partial charge in [0.15, 0.2) is 0 Å². The second kappa shape index (κ2) is 5.53. The van der Waals surface area contributed by atoms with Gasteiger partial charge >= 0.3 is 0 Å². The maximum Gasteiger partial charge on any atom is 0.247 e. The van der Waals surface area contributed by atoms with Gasteiger partial charge in [0.25, 0.3) is 0 Å². The van der Waals surface area contributed by atoms with Crippen molar-refractivity contribution in [2.45, 2.75) is 19.4 Å². The maximum absolute atomic E-state index is 12.0. The minimum atomic E-state index is -0.368. The Balaban J connectivity index is 2.05. The number of carbonyl (C=O) groups is 2. The molecule has 1 aromatic rings. The van der Waals surface area contributed by atoms with E-state index >= 15 is 0 Å². The zero-order valence-corrected chi connectivity index (χ0v) is 10.3. The molecule has 2 heterocycles. The van der Waals surface area contributed by atoms with Crippen LogP contribution in [0, 0.1) is 0 Å². The monoisotopic (exact) mass is 248 g/mol.